The van der Waals surface area contributed by atoms with Crippen LogP contribution in [0, 0.1) is 0 Å². The fourth-order valence-corrected chi connectivity index (χ4v) is 3.70. The topological polar surface area (TPSA) is 68.3 Å². The van der Waals surface area contributed by atoms with E-state index in [1.807, 2.05) is 7.05 Å². The third-order valence-corrected chi connectivity index (χ3v) is 5.32. The third-order valence-electron chi connectivity index (χ3n) is 3.45. The average Bonchev–Trinajstić information content (AvgIpc) is 2.80. The van der Waals surface area contributed by atoms with Crippen LogP contribution in [0.4, 0.5) is 0 Å². The summed E-state index contributed by atoms with van der Waals surface area (Å²) >= 11 is 0. The Balaban J connectivity index is 3.00. The van der Waals surface area contributed by atoms with Gasteiger partial charge in [-0.2, -0.15) is 4.31 Å². The van der Waals surface area contributed by atoms with Crippen molar-refractivity contribution in [3.05, 3.63) is 18.0 Å². The first-order chi connectivity index (χ1) is 9.47. The molecular formula is C14H27N3O2S. The van der Waals surface area contributed by atoms with Crippen molar-refractivity contribution in [2.45, 2.75) is 51.0 Å². The van der Waals surface area contributed by atoms with Crippen LogP contribution in [0.1, 0.15) is 45.2 Å². The van der Waals surface area contributed by atoms with Gasteiger partial charge in [-0.3, -0.25) is 0 Å². The van der Waals surface area contributed by atoms with E-state index in [0.717, 1.165) is 31.4 Å². The first-order valence-corrected chi connectivity index (χ1v) is 8.76. The van der Waals surface area contributed by atoms with Crippen molar-refractivity contribution in [3.8, 4) is 0 Å². The molecule has 0 aromatic carbocycles. The van der Waals surface area contributed by atoms with E-state index in [2.05, 4.69) is 13.8 Å². The van der Waals surface area contributed by atoms with Gasteiger partial charge in [-0.1, -0.05) is 26.7 Å². The molecule has 0 unspecified atom stereocenters. The molecule has 0 spiro atoms. The molecule has 20 heavy (non-hydrogen) atoms. The van der Waals surface area contributed by atoms with E-state index in [4.69, 9.17) is 5.73 Å². The molecule has 0 fully saturated rings. The Morgan fingerprint density at radius 1 is 1.20 bits per heavy atom. The summed E-state index contributed by atoms with van der Waals surface area (Å²) in [4.78, 5) is 0.354. The van der Waals surface area contributed by atoms with Crippen molar-refractivity contribution in [1.82, 2.24) is 8.87 Å². The van der Waals surface area contributed by atoms with Crippen molar-refractivity contribution >= 4 is 10.0 Å². The number of rotatable bonds is 9. The van der Waals surface area contributed by atoms with Gasteiger partial charge in [0.15, 0.2) is 0 Å². The second kappa shape index (κ2) is 7.81. The van der Waals surface area contributed by atoms with Gasteiger partial charge in [-0.25, -0.2) is 8.42 Å². The van der Waals surface area contributed by atoms with E-state index in [1.165, 1.54) is 0 Å². The molecule has 0 radical (unpaired) electrons. The molecule has 5 nitrogen and oxygen atoms in total. The molecule has 0 aliphatic heterocycles. The summed E-state index contributed by atoms with van der Waals surface area (Å²) in [6, 6.07) is 1.68. The van der Waals surface area contributed by atoms with Crippen LogP contribution in [0.25, 0.3) is 0 Å². The lowest BCUT2D eigenvalue weighted by Crippen LogP contribution is -2.32. The van der Waals surface area contributed by atoms with Crippen LogP contribution in [0.3, 0.4) is 0 Å². The smallest absolute Gasteiger partial charge is 0.244 e. The van der Waals surface area contributed by atoms with Crippen LogP contribution in [-0.2, 0) is 23.6 Å². The quantitative estimate of drug-likeness (QED) is 0.759. The maximum Gasteiger partial charge on any atom is 0.244 e. The fraction of sp³-hybridized carbons (Fsp3) is 0.714. The molecule has 2 N–H and O–H groups in total. The van der Waals surface area contributed by atoms with Gasteiger partial charge in [0.2, 0.25) is 10.0 Å². The molecule has 0 amide bonds. The lowest BCUT2D eigenvalue weighted by atomic mass is 10.3. The molecule has 0 bridgehead atoms. The summed E-state index contributed by atoms with van der Waals surface area (Å²) < 4.78 is 28.8. The van der Waals surface area contributed by atoms with Crippen LogP contribution in [0.5, 0.6) is 0 Å². The van der Waals surface area contributed by atoms with E-state index >= 15 is 0 Å². The molecule has 0 saturated carbocycles. The Labute approximate surface area is 122 Å². The molecule has 0 atom stereocenters. The van der Waals surface area contributed by atoms with Gasteiger partial charge in [0.05, 0.1) is 0 Å². The molecule has 6 heteroatoms. The Bertz CT molecular complexity index is 500. The molecule has 0 aliphatic rings. The van der Waals surface area contributed by atoms with Gasteiger partial charge in [0.1, 0.15) is 4.90 Å². The van der Waals surface area contributed by atoms with E-state index in [9.17, 15) is 8.42 Å². The molecule has 1 aromatic rings. The second-order valence-corrected chi connectivity index (χ2v) is 7.03. The zero-order chi connectivity index (χ0) is 15.2. The summed E-state index contributed by atoms with van der Waals surface area (Å²) in [5, 5.41) is 0. The lowest BCUT2D eigenvalue weighted by Gasteiger charge is -2.21. The van der Waals surface area contributed by atoms with E-state index < -0.39 is 10.0 Å². The number of aryl methyl sites for hydroxylation is 1. The van der Waals surface area contributed by atoms with Crippen molar-refractivity contribution in [3.63, 3.8) is 0 Å². The Kier molecular flexibility index (Phi) is 6.71. The predicted molar refractivity (Wildman–Crippen MR) is 81.9 cm³/mol. The average molecular weight is 301 g/mol. The van der Waals surface area contributed by atoms with E-state index in [-0.39, 0.29) is 0 Å². The van der Waals surface area contributed by atoms with E-state index in [0.29, 0.717) is 24.5 Å². The highest BCUT2D eigenvalue weighted by Gasteiger charge is 2.25. The molecular weight excluding hydrogens is 274 g/mol. The zero-order valence-electron chi connectivity index (χ0n) is 12.8. The first kappa shape index (κ1) is 17.2. The van der Waals surface area contributed by atoms with E-state index in [1.54, 1.807) is 21.1 Å². The Morgan fingerprint density at radius 2 is 1.75 bits per heavy atom. The molecule has 1 rings (SSSR count). The highest BCUT2D eigenvalue weighted by atomic mass is 32.2. The highest BCUT2D eigenvalue weighted by Crippen LogP contribution is 2.19. The van der Waals surface area contributed by atoms with Crippen molar-refractivity contribution in [2.24, 2.45) is 12.8 Å². The van der Waals surface area contributed by atoms with Gasteiger partial charge in [-0.15, -0.1) is 0 Å². The van der Waals surface area contributed by atoms with Crippen molar-refractivity contribution in [1.29, 1.82) is 0 Å². The van der Waals surface area contributed by atoms with Crippen LogP contribution in [0.15, 0.2) is 17.2 Å². The van der Waals surface area contributed by atoms with Crippen LogP contribution < -0.4 is 5.73 Å². The standard InChI is InChI=1S/C14H27N3O2S/c1-4-6-8-17(9-7-5-2)20(18,19)14-10-13(11-15)16(3)12-14/h10,12H,4-9,11,15H2,1-3H3. The summed E-state index contributed by atoms with van der Waals surface area (Å²) in [6.07, 6.45) is 5.41. The Hall–Kier alpha value is -0.850. The van der Waals surface area contributed by atoms with Crippen molar-refractivity contribution < 1.29 is 8.42 Å². The highest BCUT2D eigenvalue weighted by molar-refractivity contribution is 7.89. The number of hydrogen-bond donors (Lipinski definition) is 1. The van der Waals surface area contributed by atoms with Gasteiger partial charge < -0.3 is 10.3 Å². The molecule has 1 heterocycles. The molecule has 0 aliphatic carbocycles. The predicted octanol–water partition coefficient (Wildman–Crippen LogP) is 2.07. The largest absolute Gasteiger partial charge is 0.352 e. The maximum absolute atomic E-state index is 12.7. The number of aromatic nitrogens is 1. The van der Waals surface area contributed by atoms with Gasteiger partial charge in [-0.05, 0) is 18.9 Å². The number of nitrogens with zero attached hydrogens (tertiary/aromatic N) is 2. The fourth-order valence-electron chi connectivity index (χ4n) is 2.09. The monoisotopic (exact) mass is 301 g/mol. The summed E-state index contributed by atoms with van der Waals surface area (Å²) in [6.45, 7) is 5.66. The number of hydrogen-bond acceptors (Lipinski definition) is 3. The summed E-state index contributed by atoms with van der Waals surface area (Å²) in [5.41, 5.74) is 6.44. The maximum atomic E-state index is 12.7. The number of unbranched alkanes of at least 4 members (excludes halogenated alkanes) is 2. The van der Waals surface area contributed by atoms with Crippen LogP contribution in [0.2, 0.25) is 0 Å². The Morgan fingerprint density at radius 3 is 2.15 bits per heavy atom. The minimum atomic E-state index is -3.40. The summed E-state index contributed by atoms with van der Waals surface area (Å²) in [7, 11) is -1.58. The number of sulfonamides is 1. The summed E-state index contributed by atoms with van der Waals surface area (Å²) in [5.74, 6) is 0. The van der Waals surface area contributed by atoms with Crippen LogP contribution >= 0.6 is 0 Å². The molecule has 0 saturated heterocycles. The SMILES string of the molecule is CCCCN(CCCC)S(=O)(=O)c1cc(CN)n(C)c1. The normalized spacial score (nSPS) is 12.2. The first-order valence-electron chi connectivity index (χ1n) is 7.32. The van der Waals surface area contributed by atoms with Crippen molar-refractivity contribution in [2.75, 3.05) is 13.1 Å². The van der Waals surface area contributed by atoms with Gasteiger partial charge in [0.25, 0.3) is 0 Å². The zero-order valence-corrected chi connectivity index (χ0v) is 13.6. The number of nitrogens with two attached hydrogens (primary N) is 1. The minimum absolute atomic E-state index is 0.343. The molecule has 116 valence electrons. The minimum Gasteiger partial charge on any atom is -0.352 e. The van der Waals surface area contributed by atoms with Crippen LogP contribution in [-0.4, -0.2) is 30.4 Å². The lowest BCUT2D eigenvalue weighted by molar-refractivity contribution is 0.395. The molecule has 1 aromatic heterocycles. The van der Waals surface area contributed by atoms with Gasteiger partial charge >= 0.3 is 0 Å². The van der Waals surface area contributed by atoms with Gasteiger partial charge in [0, 0.05) is 38.6 Å². The third kappa shape index (κ3) is 4.07. The second-order valence-electron chi connectivity index (χ2n) is 5.09.